The quantitative estimate of drug-likeness (QED) is 0.606. The maximum Gasteiger partial charge on any atom is 0.431 e. The highest BCUT2D eigenvalue weighted by molar-refractivity contribution is 5.94. The standard InChI is InChI=1S/C23H25F4N3O5/c1-22(2,3)35-21(33)30-10-13(24)8-14(30)11-34-15-6-4-12(5-7-15)16-9-17(19(28)31)20(32)29-18(16)23(25,26)27/h4-7,9,13-14H,8,10-11H2,1-3H3,(H2,28,31)(H,29,32)/t13?,14-/m1/s1. The van der Waals surface area contributed by atoms with E-state index in [4.69, 9.17) is 15.2 Å². The Balaban J connectivity index is 1.79. The van der Waals surface area contributed by atoms with Gasteiger partial charge in [-0.1, -0.05) is 12.1 Å². The molecule has 8 nitrogen and oxygen atoms in total. The molecule has 3 rings (SSSR count). The van der Waals surface area contributed by atoms with Crippen LogP contribution in [0.15, 0.2) is 35.1 Å². The first kappa shape index (κ1) is 26.0. The number of primary amides is 1. The van der Waals surface area contributed by atoms with Gasteiger partial charge in [0.15, 0.2) is 0 Å². The molecule has 1 aliphatic heterocycles. The van der Waals surface area contributed by atoms with Gasteiger partial charge in [-0.15, -0.1) is 0 Å². The number of likely N-dealkylation sites (tertiary alicyclic amines) is 1. The monoisotopic (exact) mass is 499 g/mol. The van der Waals surface area contributed by atoms with Gasteiger partial charge in [0.1, 0.15) is 35.4 Å². The van der Waals surface area contributed by atoms with Gasteiger partial charge >= 0.3 is 12.3 Å². The number of hydrogen-bond acceptors (Lipinski definition) is 5. The van der Waals surface area contributed by atoms with Crippen LogP contribution in [-0.4, -0.2) is 52.9 Å². The summed E-state index contributed by atoms with van der Waals surface area (Å²) in [4.78, 5) is 38.6. The molecule has 35 heavy (non-hydrogen) atoms. The van der Waals surface area contributed by atoms with Crippen molar-refractivity contribution >= 4 is 12.0 Å². The molecule has 2 amide bonds. The summed E-state index contributed by atoms with van der Waals surface area (Å²) in [6.45, 7) is 4.90. The third-order valence-corrected chi connectivity index (χ3v) is 5.19. The molecule has 3 N–H and O–H groups in total. The van der Waals surface area contributed by atoms with Crippen molar-refractivity contribution in [3.8, 4) is 16.9 Å². The minimum Gasteiger partial charge on any atom is -0.491 e. The topological polar surface area (TPSA) is 115 Å². The normalized spacial score (nSPS) is 18.4. The molecule has 1 unspecified atom stereocenters. The zero-order valence-corrected chi connectivity index (χ0v) is 19.2. The van der Waals surface area contributed by atoms with Crippen LogP contribution in [0.5, 0.6) is 5.75 Å². The number of carbonyl (C=O) groups excluding carboxylic acids is 2. The number of ether oxygens (including phenoxy) is 2. The SMILES string of the molecule is CC(C)(C)OC(=O)N1CC(F)C[C@@H]1COc1ccc(-c2cc(C(N)=O)c(=O)[nH]c2C(F)(F)F)cc1. The third-order valence-electron chi connectivity index (χ3n) is 5.19. The first-order valence-electron chi connectivity index (χ1n) is 10.7. The Labute approximate surface area is 198 Å². The van der Waals surface area contributed by atoms with Crippen molar-refractivity contribution < 1.29 is 36.6 Å². The lowest BCUT2D eigenvalue weighted by atomic mass is 10.0. The molecule has 0 saturated carbocycles. The number of aromatic amines is 1. The fourth-order valence-corrected chi connectivity index (χ4v) is 3.65. The minimum absolute atomic E-state index is 0.0449. The van der Waals surface area contributed by atoms with Crippen molar-refractivity contribution in [3.05, 3.63) is 51.9 Å². The van der Waals surface area contributed by atoms with E-state index in [0.717, 1.165) is 6.07 Å². The summed E-state index contributed by atoms with van der Waals surface area (Å²) in [6, 6.07) is 5.57. The molecule has 1 aromatic carbocycles. The number of amides is 2. The number of carbonyl (C=O) groups is 2. The van der Waals surface area contributed by atoms with E-state index in [9.17, 15) is 31.9 Å². The Morgan fingerprint density at radius 3 is 2.34 bits per heavy atom. The van der Waals surface area contributed by atoms with Crippen LogP contribution >= 0.6 is 0 Å². The summed E-state index contributed by atoms with van der Waals surface area (Å²) < 4.78 is 65.3. The summed E-state index contributed by atoms with van der Waals surface area (Å²) in [5.74, 6) is -0.910. The number of aromatic nitrogens is 1. The van der Waals surface area contributed by atoms with E-state index in [1.807, 2.05) is 0 Å². The molecule has 2 heterocycles. The maximum atomic E-state index is 14.0. The second-order valence-electron chi connectivity index (χ2n) is 9.12. The second-order valence-corrected chi connectivity index (χ2v) is 9.12. The molecular weight excluding hydrogens is 474 g/mol. The van der Waals surface area contributed by atoms with E-state index in [2.05, 4.69) is 0 Å². The van der Waals surface area contributed by atoms with Gasteiger partial charge in [-0.3, -0.25) is 14.5 Å². The van der Waals surface area contributed by atoms with Gasteiger partial charge in [-0.05, 0) is 44.5 Å². The van der Waals surface area contributed by atoms with Crippen LogP contribution in [0.3, 0.4) is 0 Å². The summed E-state index contributed by atoms with van der Waals surface area (Å²) in [7, 11) is 0. The molecule has 0 aliphatic carbocycles. The largest absolute Gasteiger partial charge is 0.491 e. The van der Waals surface area contributed by atoms with Crippen molar-refractivity contribution in [2.75, 3.05) is 13.2 Å². The van der Waals surface area contributed by atoms with Crippen LogP contribution in [0.1, 0.15) is 43.2 Å². The van der Waals surface area contributed by atoms with Gasteiger partial charge in [0, 0.05) is 12.0 Å². The smallest absolute Gasteiger partial charge is 0.431 e. The Morgan fingerprint density at radius 1 is 1.17 bits per heavy atom. The van der Waals surface area contributed by atoms with Crippen molar-refractivity contribution in [1.82, 2.24) is 9.88 Å². The molecule has 1 aliphatic rings. The Morgan fingerprint density at radius 2 is 1.80 bits per heavy atom. The summed E-state index contributed by atoms with van der Waals surface area (Å²) in [5, 5.41) is 0. The van der Waals surface area contributed by atoms with Gasteiger partial charge in [-0.2, -0.15) is 13.2 Å². The van der Waals surface area contributed by atoms with E-state index in [0.29, 0.717) is 0 Å². The average molecular weight is 499 g/mol. The molecular formula is C23H25F4N3O5. The highest BCUT2D eigenvalue weighted by atomic mass is 19.4. The fraction of sp³-hybridized carbons (Fsp3) is 0.435. The molecule has 0 spiro atoms. The first-order chi connectivity index (χ1) is 16.2. The number of alkyl halides is 4. The van der Waals surface area contributed by atoms with Gasteiger partial charge in [0.2, 0.25) is 0 Å². The number of rotatable bonds is 5. The number of pyridine rings is 1. The number of nitrogens with two attached hydrogens (primary N) is 1. The molecule has 1 aromatic heterocycles. The van der Waals surface area contributed by atoms with E-state index >= 15 is 0 Å². The highest BCUT2D eigenvalue weighted by Gasteiger charge is 2.38. The fourth-order valence-electron chi connectivity index (χ4n) is 3.65. The lowest BCUT2D eigenvalue weighted by molar-refractivity contribution is -0.140. The average Bonchev–Trinajstić information content (AvgIpc) is 3.11. The van der Waals surface area contributed by atoms with Crippen molar-refractivity contribution in [3.63, 3.8) is 0 Å². The molecule has 190 valence electrons. The van der Waals surface area contributed by atoms with Crippen molar-refractivity contribution in [1.29, 1.82) is 0 Å². The summed E-state index contributed by atoms with van der Waals surface area (Å²) in [5.41, 5.74) is 0.766. The first-order valence-corrected chi connectivity index (χ1v) is 10.7. The molecule has 1 saturated heterocycles. The lowest BCUT2D eigenvalue weighted by Crippen LogP contribution is -2.42. The molecule has 0 radical (unpaired) electrons. The van der Waals surface area contributed by atoms with Crippen molar-refractivity contribution in [2.45, 2.75) is 51.2 Å². The predicted octanol–water partition coefficient (Wildman–Crippen LogP) is 3.89. The van der Waals surface area contributed by atoms with Crippen LogP contribution in [-0.2, 0) is 10.9 Å². The predicted molar refractivity (Wildman–Crippen MR) is 118 cm³/mol. The summed E-state index contributed by atoms with van der Waals surface area (Å²) >= 11 is 0. The molecule has 1 fully saturated rings. The number of benzene rings is 1. The van der Waals surface area contributed by atoms with Crippen LogP contribution < -0.4 is 16.0 Å². The number of nitrogens with one attached hydrogen (secondary N) is 1. The summed E-state index contributed by atoms with van der Waals surface area (Å²) in [6.07, 6.45) is -6.74. The minimum atomic E-state index is -4.89. The van der Waals surface area contributed by atoms with Gasteiger partial charge < -0.3 is 20.2 Å². The van der Waals surface area contributed by atoms with Gasteiger partial charge in [0.25, 0.3) is 11.5 Å². The molecule has 2 atom stereocenters. The zero-order chi connectivity index (χ0) is 26.1. The van der Waals surface area contributed by atoms with E-state index in [-0.39, 0.29) is 30.9 Å². The van der Waals surface area contributed by atoms with Crippen LogP contribution in [0.25, 0.3) is 11.1 Å². The second kappa shape index (κ2) is 9.59. The highest BCUT2D eigenvalue weighted by Crippen LogP contribution is 2.36. The molecule has 0 bridgehead atoms. The Hall–Kier alpha value is -3.57. The van der Waals surface area contributed by atoms with E-state index in [1.165, 1.54) is 29.2 Å². The molecule has 2 aromatic rings. The lowest BCUT2D eigenvalue weighted by Gasteiger charge is -2.28. The van der Waals surface area contributed by atoms with Crippen LogP contribution in [0.4, 0.5) is 22.4 Å². The van der Waals surface area contributed by atoms with E-state index < -0.39 is 58.4 Å². The Bertz CT molecular complexity index is 1160. The van der Waals surface area contributed by atoms with Crippen LogP contribution in [0, 0.1) is 0 Å². The van der Waals surface area contributed by atoms with Crippen LogP contribution in [0.2, 0.25) is 0 Å². The Kier molecular flexibility index (Phi) is 7.13. The number of H-pyrrole nitrogens is 1. The van der Waals surface area contributed by atoms with Crippen molar-refractivity contribution in [2.24, 2.45) is 5.73 Å². The molecule has 12 heteroatoms. The third kappa shape index (κ3) is 6.31. The maximum absolute atomic E-state index is 14.0. The number of nitrogens with zero attached hydrogens (tertiary/aromatic N) is 1. The number of halogens is 4. The van der Waals surface area contributed by atoms with E-state index in [1.54, 1.807) is 25.8 Å². The number of hydrogen-bond donors (Lipinski definition) is 2. The zero-order valence-electron chi connectivity index (χ0n) is 19.2. The van der Waals surface area contributed by atoms with Gasteiger partial charge in [-0.25, -0.2) is 9.18 Å². The van der Waals surface area contributed by atoms with Gasteiger partial charge in [0.05, 0.1) is 12.6 Å².